The molecule has 1 saturated carbocycles. The van der Waals surface area contributed by atoms with Crippen LogP contribution in [0.1, 0.15) is 30.4 Å². The lowest BCUT2D eigenvalue weighted by Crippen LogP contribution is -2.39. The molecule has 0 amide bonds. The van der Waals surface area contributed by atoms with E-state index in [2.05, 4.69) is 45.2 Å². The van der Waals surface area contributed by atoms with Gasteiger partial charge in [0.15, 0.2) is 0 Å². The van der Waals surface area contributed by atoms with Crippen molar-refractivity contribution in [3.8, 4) is 0 Å². The van der Waals surface area contributed by atoms with E-state index >= 15 is 0 Å². The van der Waals surface area contributed by atoms with E-state index in [0.717, 1.165) is 43.4 Å². The number of rotatable bonds is 6. The number of benzene rings is 1. The van der Waals surface area contributed by atoms with Crippen molar-refractivity contribution in [1.82, 2.24) is 9.97 Å². The number of nitrogens with zero attached hydrogens (tertiary/aromatic N) is 3. The predicted octanol–water partition coefficient (Wildman–Crippen LogP) is 3.40. The first kappa shape index (κ1) is 15.6. The van der Waals surface area contributed by atoms with Gasteiger partial charge in [-0.2, -0.15) is 0 Å². The van der Waals surface area contributed by atoms with Gasteiger partial charge in [-0.25, -0.2) is 9.97 Å². The number of hydrogen-bond acceptors (Lipinski definition) is 4. The third kappa shape index (κ3) is 3.59. The summed E-state index contributed by atoms with van der Waals surface area (Å²) < 4.78 is 6.29. The van der Waals surface area contributed by atoms with Crippen LogP contribution in [0.2, 0.25) is 0 Å². The number of anilines is 1. The quantitative estimate of drug-likeness (QED) is 0.816. The zero-order valence-corrected chi connectivity index (χ0v) is 14.3. The van der Waals surface area contributed by atoms with Crippen LogP contribution in [0, 0.1) is 12.8 Å². The minimum atomic E-state index is 0.274. The highest BCUT2D eigenvalue weighted by atomic mass is 16.5. The Bertz CT molecular complexity index is 654. The standard InChI is InChI=1S/C20H25N3O/c1-15-12-21-20(22-13-15)23-10-9-19(24-14-17-7-8-17)18(23)11-16-5-3-2-4-6-16/h2-6,12-13,17-19H,7-11,14H2,1H3/t18-,19+/m0/s1. The van der Waals surface area contributed by atoms with Gasteiger partial charge in [0.2, 0.25) is 5.95 Å². The fraction of sp³-hybridized carbons (Fsp3) is 0.500. The van der Waals surface area contributed by atoms with Gasteiger partial charge in [0.05, 0.1) is 12.1 Å². The maximum Gasteiger partial charge on any atom is 0.225 e. The van der Waals surface area contributed by atoms with Crippen LogP contribution >= 0.6 is 0 Å². The third-order valence-corrected chi connectivity index (χ3v) is 5.04. The van der Waals surface area contributed by atoms with Gasteiger partial charge in [0.25, 0.3) is 0 Å². The number of aromatic nitrogens is 2. The molecule has 1 saturated heterocycles. The largest absolute Gasteiger partial charge is 0.376 e. The van der Waals surface area contributed by atoms with Gasteiger partial charge in [0.1, 0.15) is 0 Å². The van der Waals surface area contributed by atoms with Crippen LogP contribution in [-0.4, -0.2) is 35.3 Å². The average Bonchev–Trinajstić information content (AvgIpc) is 3.36. The van der Waals surface area contributed by atoms with Crippen LogP contribution < -0.4 is 4.90 Å². The van der Waals surface area contributed by atoms with E-state index in [1.807, 2.05) is 19.3 Å². The van der Waals surface area contributed by atoms with Crippen LogP contribution in [0.15, 0.2) is 42.7 Å². The third-order valence-electron chi connectivity index (χ3n) is 5.04. The Morgan fingerprint density at radius 1 is 1.08 bits per heavy atom. The molecule has 0 N–H and O–H groups in total. The zero-order chi connectivity index (χ0) is 16.4. The van der Waals surface area contributed by atoms with Crippen molar-refractivity contribution >= 4 is 5.95 Å². The summed E-state index contributed by atoms with van der Waals surface area (Å²) in [5, 5.41) is 0. The Hall–Kier alpha value is -1.94. The molecular formula is C20H25N3O. The molecule has 2 aromatic rings. The van der Waals surface area contributed by atoms with Crippen molar-refractivity contribution in [3.05, 3.63) is 53.9 Å². The molecule has 4 nitrogen and oxygen atoms in total. The predicted molar refractivity (Wildman–Crippen MR) is 95.1 cm³/mol. The van der Waals surface area contributed by atoms with Crippen molar-refractivity contribution in [2.24, 2.45) is 5.92 Å². The molecule has 126 valence electrons. The monoisotopic (exact) mass is 323 g/mol. The fourth-order valence-electron chi connectivity index (χ4n) is 3.44. The van der Waals surface area contributed by atoms with Crippen molar-refractivity contribution in [1.29, 1.82) is 0 Å². The molecule has 1 aliphatic carbocycles. The van der Waals surface area contributed by atoms with Gasteiger partial charge < -0.3 is 9.64 Å². The number of aryl methyl sites for hydroxylation is 1. The molecule has 2 fully saturated rings. The topological polar surface area (TPSA) is 38.2 Å². The second kappa shape index (κ2) is 6.89. The van der Waals surface area contributed by atoms with Gasteiger partial charge >= 0.3 is 0 Å². The van der Waals surface area contributed by atoms with Crippen LogP contribution in [0.25, 0.3) is 0 Å². The summed E-state index contributed by atoms with van der Waals surface area (Å²) in [5.41, 5.74) is 2.45. The first-order chi connectivity index (χ1) is 11.8. The van der Waals surface area contributed by atoms with Gasteiger partial charge in [-0.1, -0.05) is 30.3 Å². The summed E-state index contributed by atoms with van der Waals surface area (Å²) in [6, 6.07) is 11.0. The highest BCUT2D eigenvalue weighted by molar-refractivity contribution is 5.36. The lowest BCUT2D eigenvalue weighted by atomic mass is 10.0. The molecule has 1 aromatic carbocycles. The summed E-state index contributed by atoms with van der Waals surface area (Å²) in [6.45, 7) is 3.91. The highest BCUT2D eigenvalue weighted by Gasteiger charge is 2.37. The summed E-state index contributed by atoms with van der Waals surface area (Å²) in [6.07, 6.45) is 8.78. The molecule has 24 heavy (non-hydrogen) atoms. The Balaban J connectivity index is 1.53. The molecule has 2 aliphatic rings. The van der Waals surface area contributed by atoms with E-state index in [0.29, 0.717) is 6.04 Å². The molecule has 1 aliphatic heterocycles. The summed E-state index contributed by atoms with van der Waals surface area (Å²) in [4.78, 5) is 11.4. The van der Waals surface area contributed by atoms with Crippen LogP contribution in [0.3, 0.4) is 0 Å². The summed E-state index contributed by atoms with van der Waals surface area (Å²) in [5.74, 6) is 1.63. The Labute approximate surface area is 143 Å². The molecule has 2 atom stereocenters. The molecule has 4 heteroatoms. The van der Waals surface area contributed by atoms with E-state index in [9.17, 15) is 0 Å². The molecule has 0 bridgehead atoms. The van der Waals surface area contributed by atoms with E-state index in [1.165, 1.54) is 18.4 Å². The van der Waals surface area contributed by atoms with Crippen LogP contribution in [-0.2, 0) is 11.2 Å². The highest BCUT2D eigenvalue weighted by Crippen LogP contribution is 2.32. The summed E-state index contributed by atoms with van der Waals surface area (Å²) in [7, 11) is 0. The minimum Gasteiger partial charge on any atom is -0.376 e. The second-order valence-electron chi connectivity index (χ2n) is 7.11. The Kier molecular flexibility index (Phi) is 4.48. The first-order valence-corrected chi connectivity index (χ1v) is 9.00. The molecule has 4 rings (SSSR count). The van der Waals surface area contributed by atoms with Crippen molar-refractivity contribution in [2.45, 2.75) is 44.8 Å². The van der Waals surface area contributed by atoms with Gasteiger partial charge in [-0.15, -0.1) is 0 Å². The van der Waals surface area contributed by atoms with Gasteiger partial charge in [-0.05, 0) is 49.7 Å². The SMILES string of the molecule is Cc1cnc(N2CC[C@@H](OCC3CC3)[C@@H]2Cc2ccccc2)nc1. The molecular weight excluding hydrogens is 298 g/mol. The average molecular weight is 323 g/mol. The molecule has 0 unspecified atom stereocenters. The van der Waals surface area contributed by atoms with E-state index in [4.69, 9.17) is 4.74 Å². The first-order valence-electron chi connectivity index (χ1n) is 9.00. The lowest BCUT2D eigenvalue weighted by Gasteiger charge is -2.28. The maximum atomic E-state index is 6.29. The van der Waals surface area contributed by atoms with E-state index in [-0.39, 0.29) is 6.10 Å². The van der Waals surface area contributed by atoms with Crippen molar-refractivity contribution in [2.75, 3.05) is 18.1 Å². The molecule has 2 heterocycles. The van der Waals surface area contributed by atoms with Gasteiger partial charge in [-0.3, -0.25) is 0 Å². The smallest absolute Gasteiger partial charge is 0.225 e. The Morgan fingerprint density at radius 3 is 2.54 bits per heavy atom. The normalized spacial score (nSPS) is 23.6. The molecule has 0 radical (unpaired) electrons. The van der Waals surface area contributed by atoms with Crippen LogP contribution in [0.4, 0.5) is 5.95 Å². The van der Waals surface area contributed by atoms with E-state index < -0.39 is 0 Å². The van der Waals surface area contributed by atoms with Crippen molar-refractivity contribution in [3.63, 3.8) is 0 Å². The van der Waals surface area contributed by atoms with Gasteiger partial charge in [0, 0.05) is 25.5 Å². The number of ether oxygens (including phenoxy) is 1. The molecule has 1 aromatic heterocycles. The zero-order valence-electron chi connectivity index (χ0n) is 14.3. The minimum absolute atomic E-state index is 0.274. The van der Waals surface area contributed by atoms with E-state index in [1.54, 1.807) is 0 Å². The van der Waals surface area contributed by atoms with Crippen LogP contribution in [0.5, 0.6) is 0 Å². The maximum absolute atomic E-state index is 6.29. The lowest BCUT2D eigenvalue weighted by molar-refractivity contribution is 0.0406. The number of hydrogen-bond donors (Lipinski definition) is 0. The Morgan fingerprint density at radius 2 is 1.83 bits per heavy atom. The fourth-order valence-corrected chi connectivity index (χ4v) is 3.44. The van der Waals surface area contributed by atoms with Crippen molar-refractivity contribution < 1.29 is 4.74 Å². The second-order valence-corrected chi connectivity index (χ2v) is 7.11. The summed E-state index contributed by atoms with van der Waals surface area (Å²) >= 11 is 0. The molecule has 0 spiro atoms.